The van der Waals surface area contributed by atoms with Gasteiger partial charge >= 0.3 is 0 Å². The molecule has 4 nitrogen and oxygen atoms in total. The van der Waals surface area contributed by atoms with E-state index in [1.54, 1.807) is 12.3 Å². The van der Waals surface area contributed by atoms with Gasteiger partial charge in [0, 0.05) is 53.7 Å². The fraction of sp³-hybridized carbons (Fsp3) is 0.240. The molecule has 0 radical (unpaired) electrons. The third-order valence-corrected chi connectivity index (χ3v) is 6.13. The number of para-hydroxylation sites is 1. The lowest BCUT2D eigenvalue weighted by Crippen LogP contribution is -2.23. The van der Waals surface area contributed by atoms with Crippen molar-refractivity contribution in [2.45, 2.75) is 25.3 Å². The van der Waals surface area contributed by atoms with Crippen LogP contribution < -0.4 is 10.2 Å². The molecule has 154 valence electrons. The Hall–Kier alpha value is -2.92. The van der Waals surface area contributed by atoms with E-state index in [4.69, 9.17) is 0 Å². The molecule has 1 heterocycles. The van der Waals surface area contributed by atoms with Crippen LogP contribution in [0, 0.1) is 0 Å². The third kappa shape index (κ3) is 4.97. The van der Waals surface area contributed by atoms with E-state index in [1.165, 1.54) is 16.8 Å². The highest BCUT2D eigenvalue weighted by molar-refractivity contribution is 7.83. The summed E-state index contributed by atoms with van der Waals surface area (Å²) in [4.78, 5) is 14.9. The van der Waals surface area contributed by atoms with Crippen LogP contribution in [-0.4, -0.2) is 22.9 Å². The van der Waals surface area contributed by atoms with Crippen LogP contribution in [-0.2, 0) is 36.1 Å². The molecule has 1 aliphatic heterocycles. The number of nitrogens with zero attached hydrogens (tertiary/aromatic N) is 1. The van der Waals surface area contributed by atoms with Crippen molar-refractivity contribution in [3.05, 3.63) is 101 Å². The number of benzene rings is 3. The first kappa shape index (κ1) is 20.4. The van der Waals surface area contributed by atoms with E-state index in [2.05, 4.69) is 58.7 Å². The fourth-order valence-electron chi connectivity index (χ4n) is 3.88. The van der Waals surface area contributed by atoms with Gasteiger partial charge in [-0.15, -0.1) is 0 Å². The van der Waals surface area contributed by atoms with Crippen LogP contribution in [0.25, 0.3) is 0 Å². The van der Waals surface area contributed by atoms with Gasteiger partial charge < -0.3 is 10.2 Å². The van der Waals surface area contributed by atoms with E-state index >= 15 is 0 Å². The van der Waals surface area contributed by atoms with Crippen molar-refractivity contribution in [1.29, 1.82) is 0 Å². The molecular weight excluding hydrogens is 392 g/mol. The summed E-state index contributed by atoms with van der Waals surface area (Å²) in [6.07, 6.45) is 2.77. The molecule has 0 aromatic heterocycles. The molecule has 1 unspecified atom stereocenters. The minimum Gasteiger partial charge on any atom is -0.367 e. The second-order valence-corrected chi connectivity index (χ2v) is 9.15. The van der Waals surface area contributed by atoms with Gasteiger partial charge in [-0.1, -0.05) is 54.6 Å². The summed E-state index contributed by atoms with van der Waals surface area (Å²) in [5.74, 6) is 0.348. The second-order valence-electron chi connectivity index (χ2n) is 7.72. The van der Waals surface area contributed by atoms with Gasteiger partial charge in [0.15, 0.2) is 0 Å². The zero-order chi connectivity index (χ0) is 20.9. The summed E-state index contributed by atoms with van der Waals surface area (Å²) in [5, 5.41) is 2.98. The molecule has 4 rings (SSSR count). The van der Waals surface area contributed by atoms with Gasteiger partial charge in [0.2, 0.25) is 0 Å². The zero-order valence-corrected chi connectivity index (χ0v) is 18.0. The molecule has 0 saturated heterocycles. The smallest absolute Gasteiger partial charge is 0.251 e. The number of nitrogens with one attached hydrogen (secondary N) is 1. The van der Waals surface area contributed by atoms with Crippen molar-refractivity contribution >= 4 is 22.4 Å². The van der Waals surface area contributed by atoms with Gasteiger partial charge in [-0.25, -0.2) is 0 Å². The fourth-order valence-corrected chi connectivity index (χ4v) is 4.52. The van der Waals surface area contributed by atoms with Gasteiger partial charge in [-0.05, 0) is 46.9 Å². The highest BCUT2D eigenvalue weighted by Crippen LogP contribution is 2.28. The topological polar surface area (TPSA) is 49.4 Å². The van der Waals surface area contributed by atoms with Crippen molar-refractivity contribution in [2.24, 2.45) is 0 Å². The molecule has 0 saturated carbocycles. The molecule has 0 spiro atoms. The van der Waals surface area contributed by atoms with Gasteiger partial charge in [0.05, 0.1) is 0 Å². The van der Waals surface area contributed by atoms with Crippen molar-refractivity contribution in [1.82, 2.24) is 5.32 Å². The van der Waals surface area contributed by atoms with Crippen LogP contribution in [0.15, 0.2) is 72.8 Å². The molecule has 1 amide bonds. The maximum absolute atomic E-state index is 12.5. The first-order chi connectivity index (χ1) is 14.6. The summed E-state index contributed by atoms with van der Waals surface area (Å²) in [7, 11) is -0.923. The SMILES string of the molecule is CS(=O)Cc1cccc(C(=O)NCc2ccc(CN3CCc4ccccc43)cc2)c1. The third-order valence-electron chi connectivity index (χ3n) is 5.39. The monoisotopic (exact) mass is 418 g/mol. The van der Waals surface area contributed by atoms with Crippen LogP contribution in [0.3, 0.4) is 0 Å². The van der Waals surface area contributed by atoms with Gasteiger partial charge in [0.25, 0.3) is 5.91 Å². The van der Waals surface area contributed by atoms with Crippen molar-refractivity contribution in [3.63, 3.8) is 0 Å². The lowest BCUT2D eigenvalue weighted by molar-refractivity contribution is 0.0951. The number of carbonyl (C=O) groups excluding carboxylic acids is 1. The molecule has 1 aliphatic rings. The highest BCUT2D eigenvalue weighted by atomic mass is 32.2. The normalized spacial score (nSPS) is 13.7. The molecule has 1 N–H and O–H groups in total. The zero-order valence-electron chi connectivity index (χ0n) is 17.1. The molecule has 3 aromatic rings. The number of anilines is 1. The van der Waals surface area contributed by atoms with Crippen LogP contribution in [0.1, 0.15) is 32.6 Å². The van der Waals surface area contributed by atoms with Gasteiger partial charge in [-0.3, -0.25) is 9.00 Å². The Morgan fingerprint density at radius 1 is 0.967 bits per heavy atom. The summed E-state index contributed by atoms with van der Waals surface area (Å²) < 4.78 is 11.4. The van der Waals surface area contributed by atoms with Crippen LogP contribution in [0.2, 0.25) is 0 Å². The lowest BCUT2D eigenvalue weighted by Gasteiger charge is -2.19. The van der Waals surface area contributed by atoms with Crippen molar-refractivity contribution < 1.29 is 9.00 Å². The molecule has 5 heteroatoms. The van der Waals surface area contributed by atoms with E-state index < -0.39 is 10.8 Å². The number of rotatable bonds is 7. The minimum atomic E-state index is -0.923. The molecule has 0 fully saturated rings. The average Bonchev–Trinajstić information content (AvgIpc) is 3.16. The van der Waals surface area contributed by atoms with E-state index in [0.717, 1.165) is 30.6 Å². The molecule has 30 heavy (non-hydrogen) atoms. The quantitative estimate of drug-likeness (QED) is 0.630. The van der Waals surface area contributed by atoms with Crippen LogP contribution in [0.4, 0.5) is 5.69 Å². The average molecular weight is 419 g/mol. The summed E-state index contributed by atoms with van der Waals surface area (Å²) in [6.45, 7) is 2.44. The maximum atomic E-state index is 12.5. The van der Waals surface area contributed by atoms with Crippen molar-refractivity contribution in [2.75, 3.05) is 17.7 Å². The largest absolute Gasteiger partial charge is 0.367 e. The first-order valence-corrected chi connectivity index (χ1v) is 11.9. The maximum Gasteiger partial charge on any atom is 0.251 e. The standard InChI is InChI=1S/C25H26N2O2S/c1-30(29)18-21-5-4-7-23(15-21)25(28)26-16-19-9-11-20(12-10-19)17-27-14-13-22-6-2-3-8-24(22)27/h2-12,15H,13-14,16-18H2,1H3,(H,26,28). The molecule has 3 aromatic carbocycles. The van der Waals surface area contributed by atoms with E-state index in [1.807, 2.05) is 18.2 Å². The Morgan fingerprint density at radius 2 is 1.73 bits per heavy atom. The van der Waals surface area contributed by atoms with E-state index in [9.17, 15) is 9.00 Å². The summed E-state index contributed by atoms with van der Waals surface area (Å²) in [5.41, 5.74) is 6.61. The number of hydrogen-bond acceptors (Lipinski definition) is 3. The predicted octanol–water partition coefficient (Wildman–Crippen LogP) is 4.06. The number of amides is 1. The van der Waals surface area contributed by atoms with E-state index in [0.29, 0.717) is 17.9 Å². The van der Waals surface area contributed by atoms with Crippen LogP contribution in [0.5, 0.6) is 0 Å². The van der Waals surface area contributed by atoms with Gasteiger partial charge in [-0.2, -0.15) is 0 Å². The summed E-state index contributed by atoms with van der Waals surface area (Å²) in [6, 6.07) is 24.4. The Bertz CT molecular complexity index is 1060. The number of fused-ring (bicyclic) bond motifs is 1. The lowest BCUT2D eigenvalue weighted by atomic mass is 10.1. The van der Waals surface area contributed by atoms with Crippen LogP contribution >= 0.6 is 0 Å². The second kappa shape index (κ2) is 9.26. The first-order valence-electron chi connectivity index (χ1n) is 10.2. The minimum absolute atomic E-state index is 0.114. The molecular formula is C25H26N2O2S. The number of carbonyl (C=O) groups is 1. The Labute approximate surface area is 180 Å². The Morgan fingerprint density at radius 3 is 2.53 bits per heavy atom. The molecule has 0 bridgehead atoms. The van der Waals surface area contributed by atoms with Gasteiger partial charge in [0.1, 0.15) is 0 Å². The highest BCUT2D eigenvalue weighted by Gasteiger charge is 2.18. The molecule has 1 atom stereocenters. The Balaban J connectivity index is 1.33. The predicted molar refractivity (Wildman–Crippen MR) is 123 cm³/mol. The van der Waals surface area contributed by atoms with E-state index in [-0.39, 0.29) is 5.91 Å². The molecule has 0 aliphatic carbocycles. The Kier molecular flexibility index (Phi) is 6.29. The summed E-state index contributed by atoms with van der Waals surface area (Å²) >= 11 is 0. The number of hydrogen-bond donors (Lipinski definition) is 1. The van der Waals surface area contributed by atoms with Crippen molar-refractivity contribution in [3.8, 4) is 0 Å².